The third-order valence-corrected chi connectivity index (χ3v) is 4.31. The molecule has 0 saturated carbocycles. The number of nitrogens with one attached hydrogen (secondary N) is 1. The van der Waals surface area contributed by atoms with Crippen molar-refractivity contribution in [2.24, 2.45) is 5.92 Å². The molecule has 1 N–H and O–H groups in total. The number of benzene rings is 1. The highest BCUT2D eigenvalue weighted by Gasteiger charge is 2.32. The molecule has 0 radical (unpaired) electrons. The molecule has 1 saturated heterocycles. The highest BCUT2D eigenvalue weighted by Crippen LogP contribution is 2.23. The number of hydrogen-bond acceptors (Lipinski definition) is 5. The fourth-order valence-corrected chi connectivity index (χ4v) is 2.94. The van der Waals surface area contributed by atoms with E-state index in [4.69, 9.17) is 4.74 Å². The fraction of sp³-hybridized carbons (Fsp3) is 0.526. The maximum atomic E-state index is 12.4. The second-order valence-electron chi connectivity index (χ2n) is 7.02. The molecule has 0 unspecified atom stereocenters. The van der Waals surface area contributed by atoms with Gasteiger partial charge in [0.25, 0.3) is 0 Å². The smallest absolute Gasteiger partial charge is 0.309 e. The highest BCUT2D eigenvalue weighted by atomic mass is 16.6. The van der Waals surface area contributed by atoms with Gasteiger partial charge in [-0.05, 0) is 64.0 Å². The summed E-state index contributed by atoms with van der Waals surface area (Å²) >= 11 is 0. The first-order valence-corrected chi connectivity index (χ1v) is 8.59. The molecule has 136 valence electrons. The number of aldehydes is 1. The van der Waals surface area contributed by atoms with Crippen LogP contribution in [0.5, 0.6) is 0 Å². The van der Waals surface area contributed by atoms with Crippen LogP contribution < -0.4 is 10.2 Å². The molecule has 0 spiro atoms. The number of ether oxygens (including phenoxy) is 1. The maximum Gasteiger partial charge on any atom is 0.309 e. The van der Waals surface area contributed by atoms with Gasteiger partial charge in [0.1, 0.15) is 11.9 Å². The summed E-state index contributed by atoms with van der Waals surface area (Å²) in [6, 6.07) is 6.75. The van der Waals surface area contributed by atoms with E-state index in [-0.39, 0.29) is 24.3 Å². The molecule has 0 bridgehead atoms. The maximum absolute atomic E-state index is 12.4. The second kappa shape index (κ2) is 8.25. The standard InChI is InChI=1S/C19H26N2O4/c1-14(23)21(17-6-4-15(12-22)5-7-17)13-19(2,3)25-18(24)16-8-10-20-11-9-16/h4-7,12,16,20H,8-11,13H2,1-3H3. The minimum atomic E-state index is -0.809. The number of carbonyl (C=O) groups excluding carboxylic acids is 3. The lowest BCUT2D eigenvalue weighted by molar-refractivity contribution is -0.162. The van der Waals surface area contributed by atoms with E-state index in [0.717, 1.165) is 32.2 Å². The Morgan fingerprint density at radius 2 is 1.84 bits per heavy atom. The Labute approximate surface area is 148 Å². The number of esters is 1. The van der Waals surface area contributed by atoms with Crippen molar-refractivity contribution in [3.63, 3.8) is 0 Å². The van der Waals surface area contributed by atoms with E-state index in [1.165, 1.54) is 6.92 Å². The molecule has 0 aliphatic carbocycles. The zero-order valence-electron chi connectivity index (χ0n) is 15.1. The van der Waals surface area contributed by atoms with Crippen molar-refractivity contribution in [3.8, 4) is 0 Å². The topological polar surface area (TPSA) is 75.7 Å². The molecule has 1 fully saturated rings. The van der Waals surface area contributed by atoms with Gasteiger partial charge in [0.05, 0.1) is 12.5 Å². The van der Waals surface area contributed by atoms with Gasteiger partial charge in [-0.15, -0.1) is 0 Å². The molecule has 2 rings (SSSR count). The van der Waals surface area contributed by atoms with Crippen molar-refractivity contribution in [2.45, 2.75) is 39.2 Å². The predicted molar refractivity (Wildman–Crippen MR) is 95.6 cm³/mol. The van der Waals surface area contributed by atoms with E-state index in [9.17, 15) is 14.4 Å². The largest absolute Gasteiger partial charge is 0.458 e. The fourth-order valence-electron chi connectivity index (χ4n) is 2.94. The Morgan fingerprint density at radius 3 is 2.36 bits per heavy atom. The first-order chi connectivity index (χ1) is 11.8. The zero-order chi connectivity index (χ0) is 18.4. The summed E-state index contributed by atoms with van der Waals surface area (Å²) in [6.07, 6.45) is 2.31. The summed E-state index contributed by atoms with van der Waals surface area (Å²) < 4.78 is 5.71. The third-order valence-electron chi connectivity index (χ3n) is 4.31. The molecule has 1 amide bonds. The molecule has 0 aromatic heterocycles. The Kier molecular flexibility index (Phi) is 6.31. The van der Waals surface area contributed by atoms with Gasteiger partial charge in [0.15, 0.2) is 0 Å². The summed E-state index contributed by atoms with van der Waals surface area (Å²) in [4.78, 5) is 36.8. The highest BCUT2D eigenvalue weighted by molar-refractivity contribution is 5.92. The Bertz CT molecular complexity index is 619. The number of anilines is 1. The molecule has 1 aliphatic rings. The quantitative estimate of drug-likeness (QED) is 0.631. The molecular weight excluding hydrogens is 320 g/mol. The van der Waals surface area contributed by atoms with E-state index < -0.39 is 5.60 Å². The van der Waals surface area contributed by atoms with Crippen LogP contribution in [0.2, 0.25) is 0 Å². The van der Waals surface area contributed by atoms with Crippen molar-refractivity contribution < 1.29 is 19.1 Å². The second-order valence-corrected chi connectivity index (χ2v) is 7.02. The van der Waals surface area contributed by atoms with E-state index in [2.05, 4.69) is 5.32 Å². The van der Waals surface area contributed by atoms with Crippen LogP contribution in [-0.2, 0) is 14.3 Å². The SMILES string of the molecule is CC(=O)N(CC(C)(C)OC(=O)C1CCNCC1)c1ccc(C=O)cc1. The average molecular weight is 346 g/mol. The number of piperidine rings is 1. The number of hydrogen-bond donors (Lipinski definition) is 1. The molecule has 1 aliphatic heterocycles. The van der Waals surface area contributed by atoms with Crippen LogP contribution in [-0.4, -0.2) is 43.4 Å². The van der Waals surface area contributed by atoms with Crippen LogP contribution in [0.25, 0.3) is 0 Å². The number of rotatable bonds is 6. The van der Waals surface area contributed by atoms with Gasteiger partial charge < -0.3 is 15.0 Å². The lowest BCUT2D eigenvalue weighted by Crippen LogP contribution is -2.46. The first-order valence-electron chi connectivity index (χ1n) is 8.59. The zero-order valence-corrected chi connectivity index (χ0v) is 15.1. The first kappa shape index (κ1) is 19.1. The summed E-state index contributed by atoms with van der Waals surface area (Å²) in [6.45, 7) is 6.98. The van der Waals surface area contributed by atoms with Crippen LogP contribution >= 0.6 is 0 Å². The van der Waals surface area contributed by atoms with Crippen molar-refractivity contribution in [1.82, 2.24) is 5.32 Å². The summed E-state index contributed by atoms with van der Waals surface area (Å²) in [7, 11) is 0. The molecule has 1 aromatic rings. The van der Waals surface area contributed by atoms with E-state index in [1.807, 2.05) is 13.8 Å². The molecule has 6 nitrogen and oxygen atoms in total. The monoisotopic (exact) mass is 346 g/mol. The van der Waals surface area contributed by atoms with Gasteiger partial charge in [0, 0.05) is 18.2 Å². The number of carbonyl (C=O) groups is 3. The molecule has 25 heavy (non-hydrogen) atoms. The average Bonchev–Trinajstić information content (AvgIpc) is 2.60. The summed E-state index contributed by atoms with van der Waals surface area (Å²) in [5.41, 5.74) is 0.407. The Hall–Kier alpha value is -2.21. The lowest BCUT2D eigenvalue weighted by atomic mass is 9.98. The third kappa shape index (κ3) is 5.39. The van der Waals surface area contributed by atoms with E-state index in [1.54, 1.807) is 29.2 Å². The molecule has 1 heterocycles. The van der Waals surface area contributed by atoms with Crippen molar-refractivity contribution >= 4 is 23.9 Å². The predicted octanol–water partition coefficient (Wildman–Crippen LogP) is 2.17. The van der Waals surface area contributed by atoms with Gasteiger partial charge in [-0.1, -0.05) is 0 Å². The van der Waals surface area contributed by atoms with Crippen molar-refractivity contribution in [3.05, 3.63) is 29.8 Å². The van der Waals surface area contributed by atoms with Gasteiger partial charge in [-0.2, -0.15) is 0 Å². The normalized spacial score (nSPS) is 15.5. The van der Waals surface area contributed by atoms with Gasteiger partial charge in [-0.3, -0.25) is 14.4 Å². The molecule has 0 atom stereocenters. The number of nitrogens with zero attached hydrogens (tertiary/aromatic N) is 1. The minimum absolute atomic E-state index is 0.0850. The van der Waals surface area contributed by atoms with E-state index >= 15 is 0 Å². The Morgan fingerprint density at radius 1 is 1.24 bits per heavy atom. The molecular formula is C19H26N2O4. The van der Waals surface area contributed by atoms with Gasteiger partial charge in [-0.25, -0.2) is 0 Å². The molecule has 1 aromatic carbocycles. The summed E-state index contributed by atoms with van der Waals surface area (Å²) in [5.74, 6) is -0.436. The molecule has 6 heteroatoms. The number of amides is 1. The minimum Gasteiger partial charge on any atom is -0.458 e. The Balaban J connectivity index is 2.06. The van der Waals surface area contributed by atoms with Crippen LogP contribution in [0.1, 0.15) is 44.0 Å². The van der Waals surface area contributed by atoms with Crippen LogP contribution in [0.4, 0.5) is 5.69 Å². The van der Waals surface area contributed by atoms with Crippen LogP contribution in [0, 0.1) is 5.92 Å². The van der Waals surface area contributed by atoms with E-state index in [0.29, 0.717) is 11.3 Å². The van der Waals surface area contributed by atoms with Crippen LogP contribution in [0.15, 0.2) is 24.3 Å². The summed E-state index contributed by atoms with van der Waals surface area (Å²) in [5, 5.41) is 3.22. The lowest BCUT2D eigenvalue weighted by Gasteiger charge is -2.34. The van der Waals surface area contributed by atoms with Crippen molar-refractivity contribution in [1.29, 1.82) is 0 Å². The van der Waals surface area contributed by atoms with Crippen LogP contribution in [0.3, 0.4) is 0 Å². The van der Waals surface area contributed by atoms with Gasteiger partial charge >= 0.3 is 5.97 Å². The van der Waals surface area contributed by atoms with Gasteiger partial charge in [0.2, 0.25) is 5.91 Å². The van der Waals surface area contributed by atoms with Crippen molar-refractivity contribution in [2.75, 3.05) is 24.5 Å².